The lowest BCUT2D eigenvalue weighted by molar-refractivity contribution is -0.131. The minimum atomic E-state index is -0.272. The average Bonchev–Trinajstić information content (AvgIpc) is 2.46. The summed E-state index contributed by atoms with van der Waals surface area (Å²) in [6, 6.07) is 16.6. The molecule has 20 heavy (non-hydrogen) atoms. The van der Waals surface area contributed by atoms with Crippen LogP contribution in [-0.4, -0.2) is 5.97 Å². The largest absolute Gasteiger partial charge is 0.427 e. The van der Waals surface area contributed by atoms with E-state index in [9.17, 15) is 4.79 Å². The molecule has 0 aliphatic heterocycles. The predicted molar refractivity (Wildman–Crippen MR) is 79.0 cm³/mol. The standard InChI is InChI=1S/C18H18O2/c1-13(19)20-16-9-4-8-15(12-16)18-11-5-7-14-6-2-3-10-17(14)18/h2-4,6,8-10,12,18H,5,7,11H2,1H3. The van der Waals surface area contributed by atoms with E-state index in [1.807, 2.05) is 18.2 Å². The van der Waals surface area contributed by atoms with Crippen LogP contribution < -0.4 is 4.74 Å². The topological polar surface area (TPSA) is 26.3 Å². The van der Waals surface area contributed by atoms with Gasteiger partial charge in [-0.3, -0.25) is 4.79 Å². The van der Waals surface area contributed by atoms with Gasteiger partial charge in [-0.25, -0.2) is 0 Å². The molecule has 0 spiro atoms. The van der Waals surface area contributed by atoms with Gasteiger partial charge >= 0.3 is 5.97 Å². The molecule has 0 fully saturated rings. The van der Waals surface area contributed by atoms with E-state index in [0.29, 0.717) is 11.7 Å². The van der Waals surface area contributed by atoms with Crippen LogP contribution in [0.25, 0.3) is 0 Å². The average molecular weight is 266 g/mol. The maximum absolute atomic E-state index is 11.1. The van der Waals surface area contributed by atoms with Gasteiger partial charge in [-0.2, -0.15) is 0 Å². The molecular formula is C18H18O2. The van der Waals surface area contributed by atoms with E-state index in [4.69, 9.17) is 4.74 Å². The first-order valence-electron chi connectivity index (χ1n) is 7.10. The smallest absolute Gasteiger partial charge is 0.308 e. The van der Waals surface area contributed by atoms with Crippen molar-refractivity contribution in [1.82, 2.24) is 0 Å². The molecule has 2 heteroatoms. The molecule has 0 radical (unpaired) electrons. The Labute approximate surface area is 119 Å². The number of carbonyl (C=O) groups is 1. The molecule has 0 N–H and O–H groups in total. The minimum absolute atomic E-state index is 0.272. The summed E-state index contributed by atoms with van der Waals surface area (Å²) in [7, 11) is 0. The van der Waals surface area contributed by atoms with E-state index in [1.54, 1.807) is 0 Å². The highest BCUT2D eigenvalue weighted by Crippen LogP contribution is 2.37. The summed E-state index contributed by atoms with van der Waals surface area (Å²) in [4.78, 5) is 11.1. The number of benzene rings is 2. The van der Waals surface area contributed by atoms with Gasteiger partial charge in [0.05, 0.1) is 0 Å². The number of rotatable bonds is 2. The van der Waals surface area contributed by atoms with Crippen molar-refractivity contribution in [2.24, 2.45) is 0 Å². The van der Waals surface area contributed by atoms with Crippen molar-refractivity contribution < 1.29 is 9.53 Å². The van der Waals surface area contributed by atoms with Crippen LogP contribution in [0.3, 0.4) is 0 Å². The Balaban J connectivity index is 1.96. The van der Waals surface area contributed by atoms with Crippen molar-refractivity contribution in [2.75, 3.05) is 0 Å². The first-order chi connectivity index (χ1) is 9.74. The Morgan fingerprint density at radius 3 is 2.85 bits per heavy atom. The van der Waals surface area contributed by atoms with Crippen molar-refractivity contribution in [1.29, 1.82) is 0 Å². The summed E-state index contributed by atoms with van der Waals surface area (Å²) in [6.45, 7) is 1.43. The van der Waals surface area contributed by atoms with E-state index in [1.165, 1.54) is 30.0 Å². The quantitative estimate of drug-likeness (QED) is 0.604. The van der Waals surface area contributed by atoms with Gasteiger partial charge in [0.2, 0.25) is 0 Å². The highest BCUT2D eigenvalue weighted by atomic mass is 16.5. The Bertz CT molecular complexity index is 631. The van der Waals surface area contributed by atoms with Crippen LogP contribution in [0, 0.1) is 0 Å². The van der Waals surface area contributed by atoms with Crippen LogP contribution in [0.4, 0.5) is 0 Å². The summed E-state index contributed by atoms with van der Waals surface area (Å²) in [5, 5.41) is 0. The van der Waals surface area contributed by atoms with Gasteiger partial charge in [0.1, 0.15) is 5.75 Å². The first-order valence-corrected chi connectivity index (χ1v) is 7.10. The van der Waals surface area contributed by atoms with Crippen LogP contribution >= 0.6 is 0 Å². The van der Waals surface area contributed by atoms with Gasteiger partial charge in [0.15, 0.2) is 0 Å². The molecular weight excluding hydrogens is 248 g/mol. The first kappa shape index (κ1) is 12.9. The third-order valence-electron chi connectivity index (χ3n) is 3.89. The third-order valence-corrected chi connectivity index (χ3v) is 3.89. The monoisotopic (exact) mass is 266 g/mol. The number of hydrogen-bond acceptors (Lipinski definition) is 2. The lowest BCUT2D eigenvalue weighted by Crippen LogP contribution is -2.11. The van der Waals surface area contributed by atoms with Crippen LogP contribution in [0.15, 0.2) is 48.5 Å². The second kappa shape index (κ2) is 5.49. The fourth-order valence-corrected chi connectivity index (χ4v) is 3.06. The van der Waals surface area contributed by atoms with E-state index in [-0.39, 0.29) is 5.97 Å². The number of ether oxygens (including phenoxy) is 1. The maximum atomic E-state index is 11.1. The third kappa shape index (κ3) is 2.60. The maximum Gasteiger partial charge on any atom is 0.308 e. The van der Waals surface area contributed by atoms with E-state index in [0.717, 1.165) is 12.8 Å². The van der Waals surface area contributed by atoms with Gasteiger partial charge < -0.3 is 4.74 Å². The van der Waals surface area contributed by atoms with Gasteiger partial charge in [0.25, 0.3) is 0 Å². The zero-order valence-corrected chi connectivity index (χ0v) is 11.6. The molecule has 1 atom stereocenters. The molecule has 0 aromatic heterocycles. The summed E-state index contributed by atoms with van der Waals surface area (Å²) in [5.74, 6) is 0.778. The lowest BCUT2D eigenvalue weighted by Gasteiger charge is -2.26. The van der Waals surface area contributed by atoms with Gasteiger partial charge in [-0.1, -0.05) is 36.4 Å². The molecule has 2 nitrogen and oxygen atoms in total. The predicted octanol–water partition coefficient (Wildman–Crippen LogP) is 4.08. The van der Waals surface area contributed by atoms with E-state index >= 15 is 0 Å². The molecule has 3 rings (SSSR count). The second-order valence-electron chi connectivity index (χ2n) is 5.31. The number of fused-ring (bicyclic) bond motifs is 1. The Hall–Kier alpha value is -2.09. The molecule has 1 aliphatic carbocycles. The van der Waals surface area contributed by atoms with E-state index < -0.39 is 0 Å². The fourth-order valence-electron chi connectivity index (χ4n) is 3.06. The molecule has 0 amide bonds. The molecule has 1 aliphatic rings. The number of esters is 1. The fraction of sp³-hybridized carbons (Fsp3) is 0.278. The molecule has 0 bridgehead atoms. The Kier molecular flexibility index (Phi) is 3.55. The number of aryl methyl sites for hydroxylation is 1. The summed E-state index contributed by atoms with van der Waals surface area (Å²) in [5.41, 5.74) is 4.09. The molecule has 102 valence electrons. The van der Waals surface area contributed by atoms with Crippen LogP contribution in [0.5, 0.6) is 5.75 Å². The van der Waals surface area contributed by atoms with Gasteiger partial charge in [0, 0.05) is 12.8 Å². The van der Waals surface area contributed by atoms with Gasteiger partial charge in [-0.05, 0) is 48.1 Å². The van der Waals surface area contributed by atoms with Crippen LogP contribution in [-0.2, 0) is 11.2 Å². The Morgan fingerprint density at radius 1 is 1.15 bits per heavy atom. The lowest BCUT2D eigenvalue weighted by atomic mass is 9.79. The second-order valence-corrected chi connectivity index (χ2v) is 5.31. The molecule has 2 aromatic rings. The molecule has 0 heterocycles. The SMILES string of the molecule is CC(=O)Oc1cccc(C2CCCc3ccccc32)c1. The van der Waals surface area contributed by atoms with E-state index in [2.05, 4.69) is 30.3 Å². The normalized spacial score (nSPS) is 17.4. The van der Waals surface area contributed by atoms with Crippen molar-refractivity contribution in [2.45, 2.75) is 32.1 Å². The summed E-state index contributed by atoms with van der Waals surface area (Å²) >= 11 is 0. The van der Waals surface area contributed by atoms with Crippen molar-refractivity contribution >= 4 is 5.97 Å². The van der Waals surface area contributed by atoms with Crippen LogP contribution in [0.1, 0.15) is 42.4 Å². The molecule has 1 unspecified atom stereocenters. The zero-order chi connectivity index (χ0) is 13.9. The molecule has 0 saturated carbocycles. The number of hydrogen-bond donors (Lipinski definition) is 0. The Morgan fingerprint density at radius 2 is 2.00 bits per heavy atom. The van der Waals surface area contributed by atoms with Gasteiger partial charge in [-0.15, -0.1) is 0 Å². The highest BCUT2D eigenvalue weighted by molar-refractivity contribution is 5.69. The molecule has 0 saturated heterocycles. The van der Waals surface area contributed by atoms with Crippen molar-refractivity contribution in [3.63, 3.8) is 0 Å². The highest BCUT2D eigenvalue weighted by Gasteiger charge is 2.21. The number of carbonyl (C=O) groups excluding carboxylic acids is 1. The van der Waals surface area contributed by atoms with Crippen molar-refractivity contribution in [3.8, 4) is 5.75 Å². The van der Waals surface area contributed by atoms with Crippen molar-refractivity contribution in [3.05, 3.63) is 65.2 Å². The summed E-state index contributed by atoms with van der Waals surface area (Å²) in [6.07, 6.45) is 3.52. The summed E-state index contributed by atoms with van der Waals surface area (Å²) < 4.78 is 5.19. The molecule has 2 aromatic carbocycles. The van der Waals surface area contributed by atoms with Crippen LogP contribution in [0.2, 0.25) is 0 Å². The minimum Gasteiger partial charge on any atom is -0.427 e. The zero-order valence-electron chi connectivity index (χ0n) is 11.6.